The van der Waals surface area contributed by atoms with Crippen molar-refractivity contribution in [3.63, 3.8) is 0 Å². The van der Waals surface area contributed by atoms with Gasteiger partial charge >= 0.3 is 0 Å². The fraction of sp³-hybridized carbons (Fsp3) is 0.333. The summed E-state index contributed by atoms with van der Waals surface area (Å²) < 4.78 is 7.92. The maximum absolute atomic E-state index is 5.92. The van der Waals surface area contributed by atoms with Gasteiger partial charge < -0.3 is 10.1 Å². The number of hydrogen-bond donors (Lipinski definition) is 1. The number of aromatic nitrogens is 3. The lowest BCUT2D eigenvalue weighted by Crippen LogP contribution is -2.24. The summed E-state index contributed by atoms with van der Waals surface area (Å²) in [5, 5.41) is 11.8. The Morgan fingerprint density at radius 3 is 3.00 bits per heavy atom. The largest absolute Gasteiger partial charge is 0.487 e. The maximum Gasteiger partial charge on any atom is 0.160 e. The first-order valence-corrected chi connectivity index (χ1v) is 7.91. The quantitative estimate of drug-likeness (QED) is 0.805. The number of hydrogen-bond acceptors (Lipinski definition) is 4. The van der Waals surface area contributed by atoms with Crippen LogP contribution in [0.1, 0.15) is 30.8 Å². The molecule has 3 aromatic rings. The van der Waals surface area contributed by atoms with Crippen LogP contribution in [0.2, 0.25) is 0 Å². The lowest BCUT2D eigenvalue weighted by molar-refractivity contribution is 0.138. The molecule has 1 aliphatic rings. The molecule has 0 bridgehead atoms. The molecule has 0 atom stereocenters. The Morgan fingerprint density at radius 2 is 2.09 bits per heavy atom. The van der Waals surface area contributed by atoms with Gasteiger partial charge in [-0.15, -0.1) is 10.2 Å². The molecule has 5 nitrogen and oxygen atoms in total. The van der Waals surface area contributed by atoms with Crippen LogP contribution in [0.4, 0.5) is 0 Å². The second-order valence-corrected chi connectivity index (χ2v) is 6.63. The van der Waals surface area contributed by atoms with Crippen molar-refractivity contribution in [2.45, 2.75) is 39.0 Å². The Balaban J connectivity index is 1.42. The maximum atomic E-state index is 5.92. The van der Waals surface area contributed by atoms with Crippen LogP contribution in [0.25, 0.3) is 5.65 Å². The van der Waals surface area contributed by atoms with Crippen molar-refractivity contribution in [1.29, 1.82) is 0 Å². The number of fused-ring (bicyclic) bond motifs is 2. The highest BCUT2D eigenvalue weighted by molar-refractivity contribution is 5.42. The van der Waals surface area contributed by atoms with Crippen molar-refractivity contribution < 1.29 is 4.74 Å². The zero-order valence-corrected chi connectivity index (χ0v) is 13.4. The van der Waals surface area contributed by atoms with E-state index in [1.807, 2.05) is 28.8 Å². The van der Waals surface area contributed by atoms with Crippen LogP contribution in [-0.2, 0) is 19.5 Å². The predicted molar refractivity (Wildman–Crippen MR) is 88.4 cm³/mol. The van der Waals surface area contributed by atoms with Gasteiger partial charge in [0.2, 0.25) is 0 Å². The minimum Gasteiger partial charge on any atom is -0.487 e. The van der Waals surface area contributed by atoms with Crippen LogP contribution in [0.15, 0.2) is 42.6 Å². The molecule has 2 aromatic heterocycles. The number of rotatable bonds is 4. The van der Waals surface area contributed by atoms with Gasteiger partial charge in [0.05, 0.1) is 6.54 Å². The van der Waals surface area contributed by atoms with E-state index in [4.69, 9.17) is 4.74 Å². The van der Waals surface area contributed by atoms with E-state index in [2.05, 4.69) is 47.6 Å². The minimum atomic E-state index is -0.0885. The molecule has 0 saturated heterocycles. The van der Waals surface area contributed by atoms with E-state index in [0.29, 0.717) is 6.54 Å². The van der Waals surface area contributed by atoms with Crippen molar-refractivity contribution in [1.82, 2.24) is 19.9 Å². The number of pyridine rings is 1. The number of nitrogens with zero attached hydrogens (tertiary/aromatic N) is 3. The Kier molecular flexibility index (Phi) is 3.31. The summed E-state index contributed by atoms with van der Waals surface area (Å²) in [6.07, 6.45) is 2.95. The summed E-state index contributed by atoms with van der Waals surface area (Å²) >= 11 is 0. The van der Waals surface area contributed by atoms with Gasteiger partial charge in [0.25, 0.3) is 0 Å². The van der Waals surface area contributed by atoms with Crippen molar-refractivity contribution in [3.05, 3.63) is 59.5 Å². The van der Waals surface area contributed by atoms with Gasteiger partial charge in [0.1, 0.15) is 11.4 Å². The normalized spacial score (nSPS) is 15.6. The lowest BCUT2D eigenvalue weighted by Gasteiger charge is -2.16. The van der Waals surface area contributed by atoms with Crippen molar-refractivity contribution in [3.8, 4) is 5.75 Å². The van der Waals surface area contributed by atoms with Crippen molar-refractivity contribution in [2.24, 2.45) is 0 Å². The molecule has 23 heavy (non-hydrogen) atoms. The first kappa shape index (κ1) is 14.2. The van der Waals surface area contributed by atoms with E-state index in [1.165, 1.54) is 11.1 Å². The Morgan fingerprint density at radius 1 is 1.17 bits per heavy atom. The first-order chi connectivity index (χ1) is 11.1. The van der Waals surface area contributed by atoms with Gasteiger partial charge in [0, 0.05) is 19.2 Å². The standard InChI is InChI=1S/C18H20N4O/c1-18(2)10-14-9-13(6-7-15(14)23-18)11-19-12-17-21-20-16-5-3-4-8-22(16)17/h3-9,19H,10-12H2,1-2H3. The SMILES string of the molecule is CC1(C)Cc2cc(CNCc3nnc4ccccn34)ccc2O1. The van der Waals surface area contributed by atoms with Gasteiger partial charge in [-0.25, -0.2) is 0 Å². The third-order valence-electron chi connectivity index (χ3n) is 4.12. The third-order valence-corrected chi connectivity index (χ3v) is 4.12. The summed E-state index contributed by atoms with van der Waals surface area (Å²) in [6, 6.07) is 12.3. The predicted octanol–water partition coefficient (Wildman–Crippen LogP) is 2.73. The van der Waals surface area contributed by atoms with Crippen LogP contribution in [-0.4, -0.2) is 20.2 Å². The third kappa shape index (κ3) is 2.80. The molecule has 1 aromatic carbocycles. The van der Waals surface area contributed by atoms with Crippen LogP contribution in [0.5, 0.6) is 5.75 Å². The van der Waals surface area contributed by atoms with E-state index in [1.54, 1.807) is 0 Å². The van der Waals surface area contributed by atoms with Crippen LogP contribution in [0.3, 0.4) is 0 Å². The van der Waals surface area contributed by atoms with Crippen LogP contribution in [0, 0.1) is 0 Å². The molecule has 118 valence electrons. The molecular weight excluding hydrogens is 288 g/mol. The molecule has 0 fully saturated rings. The van der Waals surface area contributed by atoms with Crippen molar-refractivity contribution in [2.75, 3.05) is 0 Å². The lowest BCUT2D eigenvalue weighted by atomic mass is 10.0. The molecule has 0 unspecified atom stereocenters. The Bertz CT molecular complexity index is 853. The Hall–Kier alpha value is -2.40. The van der Waals surface area contributed by atoms with Gasteiger partial charge in [-0.1, -0.05) is 18.2 Å². The summed E-state index contributed by atoms with van der Waals surface area (Å²) in [4.78, 5) is 0. The summed E-state index contributed by atoms with van der Waals surface area (Å²) in [5.74, 6) is 1.94. The molecule has 1 aliphatic heterocycles. The zero-order valence-electron chi connectivity index (χ0n) is 13.4. The van der Waals surface area contributed by atoms with Gasteiger partial charge in [0.15, 0.2) is 11.5 Å². The minimum absolute atomic E-state index is 0.0885. The second-order valence-electron chi connectivity index (χ2n) is 6.63. The van der Waals surface area contributed by atoms with E-state index >= 15 is 0 Å². The highest BCUT2D eigenvalue weighted by Gasteiger charge is 2.29. The zero-order chi connectivity index (χ0) is 15.9. The fourth-order valence-electron chi connectivity index (χ4n) is 3.10. The highest BCUT2D eigenvalue weighted by atomic mass is 16.5. The first-order valence-electron chi connectivity index (χ1n) is 7.91. The fourth-order valence-corrected chi connectivity index (χ4v) is 3.10. The van der Waals surface area contributed by atoms with Gasteiger partial charge in [-0.05, 0) is 43.2 Å². The molecule has 5 heteroatoms. The van der Waals surface area contributed by atoms with E-state index < -0.39 is 0 Å². The van der Waals surface area contributed by atoms with E-state index in [0.717, 1.165) is 30.2 Å². The number of benzene rings is 1. The topological polar surface area (TPSA) is 51.5 Å². The van der Waals surface area contributed by atoms with Crippen molar-refractivity contribution >= 4 is 5.65 Å². The molecule has 0 radical (unpaired) electrons. The summed E-state index contributed by atoms with van der Waals surface area (Å²) in [5.41, 5.74) is 3.34. The van der Waals surface area contributed by atoms with E-state index in [-0.39, 0.29) is 5.60 Å². The van der Waals surface area contributed by atoms with Gasteiger partial charge in [-0.3, -0.25) is 4.40 Å². The molecule has 4 rings (SSSR count). The molecule has 1 N–H and O–H groups in total. The van der Waals surface area contributed by atoms with Crippen LogP contribution < -0.4 is 10.1 Å². The molecule has 0 aliphatic carbocycles. The molecular formula is C18H20N4O. The number of ether oxygens (including phenoxy) is 1. The highest BCUT2D eigenvalue weighted by Crippen LogP contribution is 2.35. The molecule has 0 saturated carbocycles. The van der Waals surface area contributed by atoms with Gasteiger partial charge in [-0.2, -0.15) is 0 Å². The number of nitrogens with one attached hydrogen (secondary N) is 1. The monoisotopic (exact) mass is 308 g/mol. The second kappa shape index (κ2) is 5.35. The average molecular weight is 308 g/mol. The summed E-state index contributed by atoms with van der Waals surface area (Å²) in [7, 11) is 0. The van der Waals surface area contributed by atoms with Crippen LogP contribution >= 0.6 is 0 Å². The smallest absolute Gasteiger partial charge is 0.160 e. The molecule has 3 heterocycles. The molecule has 0 spiro atoms. The summed E-state index contributed by atoms with van der Waals surface area (Å²) in [6.45, 7) is 5.74. The Labute approximate surface area is 135 Å². The average Bonchev–Trinajstić information content (AvgIpc) is 3.06. The van der Waals surface area contributed by atoms with E-state index in [9.17, 15) is 0 Å². The molecule has 0 amide bonds.